The van der Waals surface area contributed by atoms with Crippen molar-refractivity contribution in [2.75, 3.05) is 0 Å². The van der Waals surface area contributed by atoms with Gasteiger partial charge in [-0.2, -0.15) is 5.26 Å². The summed E-state index contributed by atoms with van der Waals surface area (Å²) in [5, 5.41) is 8.87. The summed E-state index contributed by atoms with van der Waals surface area (Å²) in [6, 6.07) is 2.06. The summed E-state index contributed by atoms with van der Waals surface area (Å²) in [6.45, 7) is 5.75. The van der Waals surface area contributed by atoms with E-state index in [4.69, 9.17) is 10.00 Å². The molecule has 1 aliphatic rings. The van der Waals surface area contributed by atoms with Crippen LogP contribution in [0, 0.1) is 23.2 Å². The maximum absolute atomic E-state index is 11.8. The number of Topliss-reactive ketones (excluding diaryl/α,β-unsaturated/α-hetero) is 1. The lowest BCUT2D eigenvalue weighted by molar-refractivity contribution is -0.133. The van der Waals surface area contributed by atoms with E-state index in [0.717, 1.165) is 12.8 Å². The molecular formula is C11H17NO2. The molecule has 78 valence electrons. The second-order valence-electron chi connectivity index (χ2n) is 4.27. The van der Waals surface area contributed by atoms with Crippen LogP contribution in [0.15, 0.2) is 0 Å². The fourth-order valence-electron chi connectivity index (χ4n) is 1.75. The smallest absolute Gasteiger partial charge is 0.178 e. The predicted molar refractivity (Wildman–Crippen MR) is 52.5 cm³/mol. The number of carbonyl (C=O) groups is 1. The first-order chi connectivity index (χ1) is 6.56. The van der Waals surface area contributed by atoms with E-state index in [1.54, 1.807) is 0 Å². The van der Waals surface area contributed by atoms with Gasteiger partial charge in [0.25, 0.3) is 0 Å². The molecule has 0 aromatic heterocycles. The summed E-state index contributed by atoms with van der Waals surface area (Å²) in [7, 11) is 0. The van der Waals surface area contributed by atoms with Crippen LogP contribution in [0.1, 0.15) is 33.6 Å². The summed E-state index contributed by atoms with van der Waals surface area (Å²) in [4.78, 5) is 11.8. The van der Waals surface area contributed by atoms with Crippen LogP contribution < -0.4 is 0 Å². The number of carbonyl (C=O) groups excluding carboxylic acids is 1. The van der Waals surface area contributed by atoms with Gasteiger partial charge in [0.05, 0.1) is 12.2 Å². The minimum atomic E-state index is -0.509. The van der Waals surface area contributed by atoms with Crippen LogP contribution in [0.4, 0.5) is 0 Å². The third-order valence-electron chi connectivity index (χ3n) is 2.66. The first kappa shape index (κ1) is 11.2. The second kappa shape index (κ2) is 4.56. The van der Waals surface area contributed by atoms with E-state index in [1.165, 1.54) is 0 Å². The molecule has 0 radical (unpaired) electrons. The first-order valence-corrected chi connectivity index (χ1v) is 5.15. The van der Waals surface area contributed by atoms with Gasteiger partial charge in [0.2, 0.25) is 0 Å². The summed E-state index contributed by atoms with van der Waals surface area (Å²) in [5.74, 6) is -0.468. The van der Waals surface area contributed by atoms with Crippen LogP contribution in [0.2, 0.25) is 0 Å². The number of ketones is 1. The van der Waals surface area contributed by atoms with Crippen molar-refractivity contribution in [2.45, 2.75) is 45.8 Å². The number of hydrogen-bond donors (Lipinski definition) is 0. The molecule has 3 unspecified atom stereocenters. The molecule has 1 aliphatic heterocycles. The quantitative estimate of drug-likeness (QED) is 0.691. The molecule has 0 spiro atoms. The largest absolute Gasteiger partial charge is 0.367 e. The molecule has 0 N–H and O–H groups in total. The van der Waals surface area contributed by atoms with E-state index in [-0.39, 0.29) is 23.9 Å². The van der Waals surface area contributed by atoms with Gasteiger partial charge < -0.3 is 4.74 Å². The van der Waals surface area contributed by atoms with Crippen molar-refractivity contribution < 1.29 is 9.53 Å². The highest BCUT2D eigenvalue weighted by molar-refractivity contribution is 5.87. The van der Waals surface area contributed by atoms with Crippen molar-refractivity contribution in [3.8, 4) is 6.07 Å². The maximum Gasteiger partial charge on any atom is 0.178 e. The zero-order valence-electron chi connectivity index (χ0n) is 8.99. The Kier molecular flexibility index (Phi) is 3.65. The van der Waals surface area contributed by atoms with E-state index < -0.39 is 5.92 Å². The van der Waals surface area contributed by atoms with E-state index in [2.05, 4.69) is 6.07 Å². The zero-order valence-corrected chi connectivity index (χ0v) is 8.99. The number of hydrogen-bond acceptors (Lipinski definition) is 3. The molecule has 0 aromatic rings. The van der Waals surface area contributed by atoms with Crippen molar-refractivity contribution in [1.29, 1.82) is 5.26 Å². The number of nitrogens with zero attached hydrogens (tertiary/aromatic N) is 1. The van der Waals surface area contributed by atoms with Gasteiger partial charge >= 0.3 is 0 Å². The van der Waals surface area contributed by atoms with Crippen LogP contribution in [0.25, 0.3) is 0 Å². The minimum absolute atomic E-state index is 0.0353. The SMILES string of the molecule is CC1CCC(C(=O)C(C#N)C(C)C)O1. The molecule has 1 heterocycles. The van der Waals surface area contributed by atoms with Gasteiger partial charge in [-0.05, 0) is 25.7 Å². The molecule has 3 heteroatoms. The van der Waals surface area contributed by atoms with Gasteiger partial charge in [-0.15, -0.1) is 0 Å². The Morgan fingerprint density at radius 1 is 1.50 bits per heavy atom. The molecule has 0 saturated carbocycles. The van der Waals surface area contributed by atoms with Crippen LogP contribution >= 0.6 is 0 Å². The summed E-state index contributed by atoms with van der Waals surface area (Å²) in [5.41, 5.74) is 0. The predicted octanol–water partition coefficient (Wildman–Crippen LogP) is 1.92. The lowest BCUT2D eigenvalue weighted by Gasteiger charge is -2.16. The van der Waals surface area contributed by atoms with Crippen LogP contribution in [-0.2, 0) is 9.53 Å². The van der Waals surface area contributed by atoms with Gasteiger partial charge in [0.15, 0.2) is 5.78 Å². The monoisotopic (exact) mass is 195 g/mol. The van der Waals surface area contributed by atoms with Crippen molar-refractivity contribution in [3.05, 3.63) is 0 Å². The number of rotatable bonds is 3. The highest BCUT2D eigenvalue weighted by atomic mass is 16.5. The average Bonchev–Trinajstić information content (AvgIpc) is 2.52. The fraction of sp³-hybridized carbons (Fsp3) is 0.818. The maximum atomic E-state index is 11.8. The Hall–Kier alpha value is -0.880. The normalized spacial score (nSPS) is 28.8. The Balaban J connectivity index is 2.60. The van der Waals surface area contributed by atoms with E-state index in [0.29, 0.717) is 0 Å². The van der Waals surface area contributed by atoms with Gasteiger partial charge in [-0.3, -0.25) is 4.79 Å². The molecule has 3 nitrogen and oxygen atoms in total. The Morgan fingerprint density at radius 2 is 2.14 bits per heavy atom. The summed E-state index contributed by atoms with van der Waals surface area (Å²) < 4.78 is 5.46. The third kappa shape index (κ3) is 2.33. The Bertz CT molecular complexity index is 255. The van der Waals surface area contributed by atoms with Gasteiger partial charge in [0, 0.05) is 0 Å². The van der Waals surface area contributed by atoms with Crippen molar-refractivity contribution in [3.63, 3.8) is 0 Å². The molecule has 1 saturated heterocycles. The number of ether oxygens (including phenoxy) is 1. The molecule has 14 heavy (non-hydrogen) atoms. The standard InChI is InChI=1S/C11H17NO2/c1-7(2)9(6-12)11(13)10-5-4-8(3)14-10/h7-10H,4-5H2,1-3H3. The molecule has 3 atom stereocenters. The van der Waals surface area contributed by atoms with Gasteiger partial charge in [-0.25, -0.2) is 0 Å². The fourth-order valence-corrected chi connectivity index (χ4v) is 1.75. The highest BCUT2D eigenvalue weighted by Gasteiger charge is 2.34. The Morgan fingerprint density at radius 3 is 2.50 bits per heavy atom. The van der Waals surface area contributed by atoms with Gasteiger partial charge in [0.1, 0.15) is 12.0 Å². The highest BCUT2D eigenvalue weighted by Crippen LogP contribution is 2.24. The van der Waals surface area contributed by atoms with E-state index >= 15 is 0 Å². The zero-order chi connectivity index (χ0) is 10.7. The average molecular weight is 195 g/mol. The summed E-state index contributed by atoms with van der Waals surface area (Å²) in [6.07, 6.45) is 1.52. The molecule has 0 bridgehead atoms. The van der Waals surface area contributed by atoms with E-state index in [9.17, 15) is 4.79 Å². The second-order valence-corrected chi connectivity index (χ2v) is 4.27. The first-order valence-electron chi connectivity index (χ1n) is 5.15. The molecule has 0 amide bonds. The van der Waals surface area contributed by atoms with Crippen LogP contribution in [0.3, 0.4) is 0 Å². The van der Waals surface area contributed by atoms with Crippen molar-refractivity contribution >= 4 is 5.78 Å². The van der Waals surface area contributed by atoms with Crippen LogP contribution in [-0.4, -0.2) is 18.0 Å². The van der Waals surface area contributed by atoms with E-state index in [1.807, 2.05) is 20.8 Å². The lowest BCUT2D eigenvalue weighted by Crippen LogP contribution is -2.30. The topological polar surface area (TPSA) is 50.1 Å². The molecule has 0 aliphatic carbocycles. The van der Waals surface area contributed by atoms with Gasteiger partial charge in [-0.1, -0.05) is 13.8 Å². The third-order valence-corrected chi connectivity index (χ3v) is 2.66. The molecule has 1 fully saturated rings. The minimum Gasteiger partial charge on any atom is -0.367 e. The number of nitriles is 1. The summed E-state index contributed by atoms with van der Waals surface area (Å²) >= 11 is 0. The van der Waals surface area contributed by atoms with Crippen molar-refractivity contribution in [2.24, 2.45) is 11.8 Å². The van der Waals surface area contributed by atoms with Crippen LogP contribution in [0.5, 0.6) is 0 Å². The molecule has 0 aromatic carbocycles. The molecular weight excluding hydrogens is 178 g/mol. The Labute approximate surface area is 85.1 Å². The molecule has 1 rings (SSSR count). The van der Waals surface area contributed by atoms with Crippen molar-refractivity contribution in [1.82, 2.24) is 0 Å². The lowest BCUT2D eigenvalue weighted by atomic mass is 9.89.